The Bertz CT molecular complexity index is 1030. The van der Waals surface area contributed by atoms with Gasteiger partial charge in [0, 0.05) is 37.7 Å². The van der Waals surface area contributed by atoms with E-state index in [1.165, 1.54) is 29.4 Å². The maximum Gasteiger partial charge on any atom is 0.416 e. The Morgan fingerprint density at radius 2 is 1.90 bits per heavy atom. The molecule has 164 valence electrons. The molecule has 30 heavy (non-hydrogen) atoms. The largest absolute Gasteiger partial charge is 0.416 e. The molecule has 1 aromatic carbocycles. The SMILES string of the molecule is CS(=O)(=O)Nc1cnn(C(=O)N2CCN(Cc3cc(Cl)ccc3C(F)(F)F)CC2)c1. The van der Waals surface area contributed by atoms with E-state index in [-0.39, 0.29) is 35.9 Å². The number of alkyl halides is 3. The van der Waals surface area contributed by atoms with E-state index in [0.29, 0.717) is 13.1 Å². The summed E-state index contributed by atoms with van der Waals surface area (Å²) in [6.07, 6.45) is -1.02. The Labute approximate surface area is 176 Å². The quantitative estimate of drug-likeness (QED) is 0.750. The van der Waals surface area contributed by atoms with Gasteiger partial charge in [0.05, 0.1) is 29.9 Å². The maximum absolute atomic E-state index is 13.2. The van der Waals surface area contributed by atoms with Crippen molar-refractivity contribution in [2.24, 2.45) is 0 Å². The topological polar surface area (TPSA) is 87.5 Å². The zero-order chi connectivity index (χ0) is 22.1. The van der Waals surface area contributed by atoms with Gasteiger partial charge in [-0.1, -0.05) is 11.6 Å². The summed E-state index contributed by atoms with van der Waals surface area (Å²) in [5.74, 6) is 0. The van der Waals surface area contributed by atoms with Gasteiger partial charge in [0.25, 0.3) is 0 Å². The first-order chi connectivity index (χ1) is 13.9. The van der Waals surface area contributed by atoms with Gasteiger partial charge in [0.15, 0.2) is 0 Å². The van der Waals surface area contributed by atoms with Crippen LogP contribution in [0.4, 0.5) is 23.7 Å². The minimum absolute atomic E-state index is 0.0572. The lowest BCUT2D eigenvalue weighted by Gasteiger charge is -2.34. The van der Waals surface area contributed by atoms with E-state index in [9.17, 15) is 26.4 Å². The number of aromatic nitrogens is 2. The fourth-order valence-electron chi connectivity index (χ4n) is 3.15. The Hall–Kier alpha value is -2.31. The fraction of sp³-hybridized carbons (Fsp3) is 0.412. The van der Waals surface area contributed by atoms with Gasteiger partial charge in [-0.3, -0.25) is 9.62 Å². The molecule has 0 unspecified atom stereocenters. The lowest BCUT2D eigenvalue weighted by Crippen LogP contribution is -2.49. The molecule has 3 rings (SSSR count). The second-order valence-corrected chi connectivity index (χ2v) is 9.08. The summed E-state index contributed by atoms with van der Waals surface area (Å²) >= 11 is 5.87. The molecule has 2 aromatic rings. The highest BCUT2D eigenvalue weighted by Gasteiger charge is 2.34. The number of amides is 1. The highest BCUT2D eigenvalue weighted by atomic mass is 35.5. The third-order valence-corrected chi connectivity index (χ3v) is 5.33. The number of carbonyl (C=O) groups is 1. The predicted molar refractivity (Wildman–Crippen MR) is 105 cm³/mol. The van der Waals surface area contributed by atoms with Crippen molar-refractivity contribution in [3.8, 4) is 0 Å². The summed E-state index contributed by atoms with van der Waals surface area (Å²) in [6.45, 7) is 1.36. The number of hydrogen-bond acceptors (Lipinski definition) is 5. The molecule has 0 atom stereocenters. The molecule has 0 saturated carbocycles. The van der Waals surface area contributed by atoms with Crippen molar-refractivity contribution < 1.29 is 26.4 Å². The lowest BCUT2D eigenvalue weighted by atomic mass is 10.1. The first kappa shape index (κ1) is 22.4. The van der Waals surface area contributed by atoms with E-state index in [4.69, 9.17) is 11.6 Å². The van der Waals surface area contributed by atoms with E-state index in [1.807, 2.05) is 4.90 Å². The predicted octanol–water partition coefficient (Wildman–Crippen LogP) is 2.71. The highest BCUT2D eigenvalue weighted by Crippen LogP contribution is 2.34. The standard InChI is InChI=1S/C17H19ClF3N5O3S/c1-30(28,29)23-14-9-22-26(11-14)16(27)25-6-4-24(5-7-25)10-12-8-13(18)2-3-15(12)17(19,20)21/h2-3,8-9,11,23H,4-7,10H2,1H3. The van der Waals surface area contributed by atoms with Crippen LogP contribution in [0.2, 0.25) is 5.02 Å². The van der Waals surface area contributed by atoms with Gasteiger partial charge in [-0.2, -0.15) is 23.0 Å². The molecule has 2 heterocycles. The Morgan fingerprint density at radius 1 is 1.23 bits per heavy atom. The molecule has 8 nitrogen and oxygen atoms in total. The second-order valence-electron chi connectivity index (χ2n) is 6.89. The van der Waals surface area contributed by atoms with E-state index in [2.05, 4.69) is 9.82 Å². The second kappa shape index (κ2) is 8.44. The van der Waals surface area contributed by atoms with E-state index in [1.54, 1.807) is 0 Å². The third-order valence-electron chi connectivity index (χ3n) is 4.49. The molecule has 1 aliphatic rings. The van der Waals surface area contributed by atoms with E-state index in [0.717, 1.165) is 17.0 Å². The molecule has 0 spiro atoms. The first-order valence-electron chi connectivity index (χ1n) is 8.82. The normalized spacial score (nSPS) is 16.0. The van der Waals surface area contributed by atoms with Gasteiger partial charge in [0.2, 0.25) is 10.0 Å². The summed E-state index contributed by atoms with van der Waals surface area (Å²) < 4.78 is 65.4. The maximum atomic E-state index is 13.2. The van der Waals surface area contributed by atoms with Crippen LogP contribution in [0.25, 0.3) is 0 Å². The molecular formula is C17H19ClF3N5O3S. The molecule has 1 N–H and O–H groups in total. The number of carbonyl (C=O) groups excluding carboxylic acids is 1. The average Bonchev–Trinajstić information content (AvgIpc) is 3.07. The number of piperazine rings is 1. The molecule has 1 aliphatic heterocycles. The summed E-state index contributed by atoms with van der Waals surface area (Å²) in [5.41, 5.74) is -0.490. The zero-order valence-corrected chi connectivity index (χ0v) is 17.4. The molecular weight excluding hydrogens is 447 g/mol. The minimum atomic E-state index is -4.48. The van der Waals surface area contributed by atoms with Crippen LogP contribution in [0, 0.1) is 0 Å². The van der Waals surface area contributed by atoms with Crippen molar-refractivity contribution >= 4 is 33.3 Å². The third kappa shape index (κ3) is 5.64. The van der Waals surface area contributed by atoms with Gasteiger partial charge in [0.1, 0.15) is 0 Å². The van der Waals surface area contributed by atoms with Crippen LogP contribution >= 0.6 is 11.6 Å². The van der Waals surface area contributed by atoms with Gasteiger partial charge in [-0.25, -0.2) is 13.2 Å². The van der Waals surface area contributed by atoms with Crippen molar-refractivity contribution in [3.63, 3.8) is 0 Å². The first-order valence-corrected chi connectivity index (χ1v) is 11.1. The molecule has 1 fully saturated rings. The number of anilines is 1. The Kier molecular flexibility index (Phi) is 6.29. The zero-order valence-electron chi connectivity index (χ0n) is 15.9. The molecule has 13 heteroatoms. The summed E-state index contributed by atoms with van der Waals surface area (Å²) in [5, 5.41) is 4.08. The summed E-state index contributed by atoms with van der Waals surface area (Å²) in [4.78, 5) is 15.8. The van der Waals surface area contributed by atoms with Crippen LogP contribution in [0.3, 0.4) is 0 Å². The molecule has 1 saturated heterocycles. The van der Waals surface area contributed by atoms with Crippen molar-refractivity contribution in [1.29, 1.82) is 0 Å². The van der Waals surface area contributed by atoms with Gasteiger partial charge < -0.3 is 4.90 Å². The summed E-state index contributed by atoms with van der Waals surface area (Å²) in [7, 11) is -3.49. The smallest absolute Gasteiger partial charge is 0.320 e. The number of rotatable bonds is 4. The van der Waals surface area contributed by atoms with Crippen molar-refractivity contribution in [2.75, 3.05) is 37.2 Å². The monoisotopic (exact) mass is 465 g/mol. The number of benzene rings is 1. The van der Waals surface area contributed by atoms with Gasteiger partial charge in [-0.15, -0.1) is 0 Å². The van der Waals surface area contributed by atoms with Gasteiger partial charge >= 0.3 is 12.2 Å². The van der Waals surface area contributed by atoms with Crippen molar-refractivity contribution in [1.82, 2.24) is 19.6 Å². The lowest BCUT2D eigenvalue weighted by molar-refractivity contribution is -0.138. The van der Waals surface area contributed by atoms with Crippen molar-refractivity contribution in [2.45, 2.75) is 12.7 Å². The number of nitrogens with zero attached hydrogens (tertiary/aromatic N) is 4. The number of nitrogens with one attached hydrogen (secondary N) is 1. The minimum Gasteiger partial charge on any atom is -0.320 e. The van der Waals surface area contributed by atoms with Crippen LogP contribution in [-0.2, 0) is 22.7 Å². The molecule has 0 radical (unpaired) electrons. The van der Waals surface area contributed by atoms with Crippen LogP contribution < -0.4 is 4.72 Å². The Balaban J connectivity index is 1.62. The van der Waals surface area contributed by atoms with Crippen molar-refractivity contribution in [3.05, 3.63) is 46.7 Å². The summed E-state index contributed by atoms with van der Waals surface area (Å²) in [6, 6.07) is 3.04. The van der Waals surface area contributed by atoms with Crippen LogP contribution in [0.5, 0.6) is 0 Å². The van der Waals surface area contributed by atoms with E-state index < -0.39 is 27.8 Å². The molecule has 1 aromatic heterocycles. The van der Waals surface area contributed by atoms with Crippen LogP contribution in [0.1, 0.15) is 11.1 Å². The number of hydrogen-bond donors (Lipinski definition) is 1. The number of halogens is 4. The van der Waals surface area contributed by atoms with Crippen LogP contribution in [-0.4, -0.2) is 66.5 Å². The van der Waals surface area contributed by atoms with Gasteiger partial charge in [-0.05, 0) is 23.8 Å². The molecule has 0 aliphatic carbocycles. The average molecular weight is 466 g/mol. The highest BCUT2D eigenvalue weighted by molar-refractivity contribution is 7.92. The molecule has 1 amide bonds. The van der Waals surface area contributed by atoms with Crippen LogP contribution in [0.15, 0.2) is 30.6 Å². The Morgan fingerprint density at radius 3 is 2.50 bits per heavy atom. The fourth-order valence-corrected chi connectivity index (χ4v) is 3.88. The van der Waals surface area contributed by atoms with E-state index >= 15 is 0 Å². The number of sulfonamides is 1. The molecule has 0 bridgehead atoms.